The van der Waals surface area contributed by atoms with Crippen molar-refractivity contribution in [1.29, 1.82) is 0 Å². The summed E-state index contributed by atoms with van der Waals surface area (Å²) in [5, 5.41) is 28.7. The molecule has 4 atom stereocenters. The molecule has 0 saturated carbocycles. The number of hydrogen-bond acceptors (Lipinski definition) is 7. The van der Waals surface area contributed by atoms with Gasteiger partial charge in [-0.05, 0) is 24.3 Å². The molecule has 20 heavy (non-hydrogen) atoms. The highest BCUT2D eigenvalue weighted by Crippen LogP contribution is 2.19. The van der Waals surface area contributed by atoms with E-state index in [4.69, 9.17) is 14.2 Å². The van der Waals surface area contributed by atoms with Gasteiger partial charge in [0.15, 0.2) is 12.4 Å². The number of methoxy groups -OCH3 is 1. The van der Waals surface area contributed by atoms with Crippen LogP contribution in [-0.2, 0) is 9.47 Å². The molecular formula is C13H16O7. The lowest BCUT2D eigenvalue weighted by molar-refractivity contribution is -0.251. The van der Waals surface area contributed by atoms with Crippen molar-refractivity contribution in [2.75, 3.05) is 13.7 Å². The van der Waals surface area contributed by atoms with Crippen LogP contribution in [-0.4, -0.2) is 59.6 Å². The van der Waals surface area contributed by atoms with Gasteiger partial charge in [0, 0.05) is 0 Å². The molecule has 7 nitrogen and oxygen atoms in total. The van der Waals surface area contributed by atoms with Gasteiger partial charge in [-0.2, -0.15) is 0 Å². The molecule has 1 saturated heterocycles. The normalized spacial score (nSPS) is 29.8. The number of ether oxygens (including phenoxy) is 3. The summed E-state index contributed by atoms with van der Waals surface area (Å²) >= 11 is 0. The molecule has 1 aromatic carbocycles. The van der Waals surface area contributed by atoms with Crippen LogP contribution < -0.4 is 4.74 Å². The minimum atomic E-state index is -1.48. The molecule has 3 N–H and O–H groups in total. The predicted octanol–water partition coefficient (Wildman–Crippen LogP) is -0.709. The van der Waals surface area contributed by atoms with E-state index in [0.29, 0.717) is 5.75 Å². The van der Waals surface area contributed by atoms with Gasteiger partial charge < -0.3 is 29.5 Å². The average molecular weight is 284 g/mol. The summed E-state index contributed by atoms with van der Waals surface area (Å²) in [7, 11) is 1.50. The van der Waals surface area contributed by atoms with E-state index >= 15 is 0 Å². The van der Waals surface area contributed by atoms with Crippen molar-refractivity contribution < 1.29 is 34.3 Å². The molecule has 1 aromatic rings. The first-order valence-electron chi connectivity index (χ1n) is 6.03. The number of aliphatic hydroxyl groups is 3. The average Bonchev–Trinajstić information content (AvgIpc) is 2.47. The molecular weight excluding hydrogens is 268 g/mol. The first kappa shape index (κ1) is 14.7. The van der Waals surface area contributed by atoms with Crippen LogP contribution in [0.5, 0.6) is 5.75 Å². The highest BCUT2D eigenvalue weighted by Gasteiger charge is 2.40. The summed E-state index contributed by atoms with van der Waals surface area (Å²) in [6.07, 6.45) is -5.43. The van der Waals surface area contributed by atoms with Crippen LogP contribution >= 0.6 is 0 Å². The SMILES string of the molecule is COc1ccc(C(=O)O[C@H]2[C@@H](O)[C@H](O)CO[C@@H]2O)cc1. The molecule has 1 aliphatic heterocycles. The molecule has 7 heteroatoms. The van der Waals surface area contributed by atoms with Crippen molar-refractivity contribution in [3.63, 3.8) is 0 Å². The molecule has 0 aliphatic carbocycles. The summed E-state index contributed by atoms with van der Waals surface area (Å²) in [6.45, 7) is -0.223. The summed E-state index contributed by atoms with van der Waals surface area (Å²) < 4.78 is 14.7. The van der Waals surface area contributed by atoms with Gasteiger partial charge in [0.2, 0.25) is 0 Å². The van der Waals surface area contributed by atoms with Crippen LogP contribution in [0.15, 0.2) is 24.3 Å². The highest BCUT2D eigenvalue weighted by atomic mass is 16.7. The van der Waals surface area contributed by atoms with E-state index in [-0.39, 0.29) is 12.2 Å². The number of hydrogen-bond donors (Lipinski definition) is 3. The molecule has 0 radical (unpaired) electrons. The van der Waals surface area contributed by atoms with Crippen LogP contribution in [0.3, 0.4) is 0 Å². The summed E-state index contributed by atoms with van der Waals surface area (Å²) in [5.41, 5.74) is 0.227. The van der Waals surface area contributed by atoms with Crippen LogP contribution in [0.4, 0.5) is 0 Å². The lowest BCUT2D eigenvalue weighted by Gasteiger charge is -2.34. The first-order valence-corrected chi connectivity index (χ1v) is 6.03. The monoisotopic (exact) mass is 284 g/mol. The molecule has 0 amide bonds. The van der Waals surface area contributed by atoms with Crippen molar-refractivity contribution in [3.8, 4) is 5.75 Å². The molecule has 1 fully saturated rings. The van der Waals surface area contributed by atoms with Crippen molar-refractivity contribution in [3.05, 3.63) is 29.8 Å². The van der Waals surface area contributed by atoms with Crippen LogP contribution in [0.2, 0.25) is 0 Å². The van der Waals surface area contributed by atoms with Gasteiger partial charge in [0.25, 0.3) is 0 Å². The summed E-state index contributed by atoms with van der Waals surface area (Å²) in [6, 6.07) is 6.13. The van der Waals surface area contributed by atoms with Crippen molar-refractivity contribution >= 4 is 5.97 Å². The molecule has 1 aliphatic rings. The van der Waals surface area contributed by atoms with Crippen molar-refractivity contribution in [2.45, 2.75) is 24.6 Å². The fourth-order valence-corrected chi connectivity index (χ4v) is 1.82. The Labute approximate surface area is 115 Å². The Morgan fingerprint density at radius 2 is 1.90 bits per heavy atom. The Hall–Kier alpha value is -1.67. The number of carbonyl (C=O) groups excluding carboxylic acids is 1. The van der Waals surface area contributed by atoms with Crippen molar-refractivity contribution in [2.24, 2.45) is 0 Å². The minimum absolute atomic E-state index is 0.223. The minimum Gasteiger partial charge on any atom is -0.497 e. The van der Waals surface area contributed by atoms with E-state index in [1.807, 2.05) is 0 Å². The molecule has 1 heterocycles. The second-order valence-corrected chi connectivity index (χ2v) is 4.38. The lowest BCUT2D eigenvalue weighted by atomic mass is 10.1. The molecule has 110 valence electrons. The van der Waals surface area contributed by atoms with Gasteiger partial charge in [0.05, 0.1) is 19.3 Å². The fraction of sp³-hybridized carbons (Fsp3) is 0.462. The number of aliphatic hydroxyl groups excluding tert-OH is 3. The highest BCUT2D eigenvalue weighted by molar-refractivity contribution is 5.89. The topological polar surface area (TPSA) is 105 Å². The standard InChI is InChI=1S/C13H16O7/c1-18-8-4-2-7(3-5-8)12(16)20-11-10(15)9(14)6-19-13(11)17/h2-5,9-11,13-15,17H,6H2,1H3/t9-,10+,11+,13+/m1/s1. The van der Waals surface area contributed by atoms with E-state index < -0.39 is 30.6 Å². The smallest absolute Gasteiger partial charge is 0.338 e. The van der Waals surface area contributed by atoms with Crippen LogP contribution in [0.25, 0.3) is 0 Å². The van der Waals surface area contributed by atoms with Gasteiger partial charge in [-0.3, -0.25) is 0 Å². The summed E-state index contributed by atoms with van der Waals surface area (Å²) in [4.78, 5) is 11.9. The van der Waals surface area contributed by atoms with Gasteiger partial charge in [-0.25, -0.2) is 4.79 Å². The van der Waals surface area contributed by atoms with Gasteiger partial charge in [-0.1, -0.05) is 0 Å². The maximum atomic E-state index is 11.9. The van der Waals surface area contributed by atoms with Gasteiger partial charge in [-0.15, -0.1) is 0 Å². The van der Waals surface area contributed by atoms with E-state index in [1.165, 1.54) is 19.2 Å². The Bertz CT molecular complexity index is 458. The number of carbonyl (C=O) groups is 1. The number of rotatable bonds is 3. The fourth-order valence-electron chi connectivity index (χ4n) is 1.82. The largest absolute Gasteiger partial charge is 0.497 e. The Morgan fingerprint density at radius 3 is 2.50 bits per heavy atom. The van der Waals surface area contributed by atoms with E-state index in [2.05, 4.69) is 0 Å². The van der Waals surface area contributed by atoms with E-state index in [9.17, 15) is 20.1 Å². The van der Waals surface area contributed by atoms with Crippen LogP contribution in [0.1, 0.15) is 10.4 Å². The summed E-state index contributed by atoms with van der Waals surface area (Å²) in [5.74, 6) is -0.161. The third-order valence-corrected chi connectivity index (χ3v) is 3.02. The van der Waals surface area contributed by atoms with E-state index in [0.717, 1.165) is 0 Å². The predicted molar refractivity (Wildman–Crippen MR) is 66.2 cm³/mol. The number of esters is 1. The van der Waals surface area contributed by atoms with Crippen LogP contribution in [0, 0.1) is 0 Å². The van der Waals surface area contributed by atoms with Gasteiger partial charge in [0.1, 0.15) is 18.0 Å². The zero-order valence-corrected chi connectivity index (χ0v) is 10.8. The lowest BCUT2D eigenvalue weighted by Crippen LogP contribution is -2.54. The quantitative estimate of drug-likeness (QED) is 0.630. The van der Waals surface area contributed by atoms with Crippen molar-refractivity contribution in [1.82, 2.24) is 0 Å². The zero-order chi connectivity index (χ0) is 14.7. The Morgan fingerprint density at radius 1 is 1.25 bits per heavy atom. The first-order chi connectivity index (χ1) is 9.52. The molecule has 0 spiro atoms. The molecule has 0 bridgehead atoms. The second kappa shape index (κ2) is 6.19. The molecule has 2 rings (SSSR count). The van der Waals surface area contributed by atoms with Gasteiger partial charge >= 0.3 is 5.97 Å². The third kappa shape index (κ3) is 3.07. The maximum absolute atomic E-state index is 11.9. The number of benzene rings is 1. The Balaban J connectivity index is 2.05. The van der Waals surface area contributed by atoms with E-state index in [1.54, 1.807) is 12.1 Å². The second-order valence-electron chi connectivity index (χ2n) is 4.38. The Kier molecular flexibility index (Phi) is 4.56. The molecule has 0 unspecified atom stereocenters. The third-order valence-electron chi connectivity index (χ3n) is 3.02. The zero-order valence-electron chi connectivity index (χ0n) is 10.8. The maximum Gasteiger partial charge on any atom is 0.338 e. The molecule has 0 aromatic heterocycles.